The Labute approximate surface area is 142 Å². The lowest BCUT2D eigenvalue weighted by Crippen LogP contribution is -2.77. The number of morpholine rings is 1. The predicted octanol–water partition coefficient (Wildman–Crippen LogP) is 3.40. The van der Waals surface area contributed by atoms with Crippen LogP contribution in [0.4, 0.5) is 0 Å². The van der Waals surface area contributed by atoms with Crippen molar-refractivity contribution in [3.05, 3.63) is 36.0 Å². The number of phenols is 1. The number of ether oxygens (including phenoxy) is 1. The van der Waals surface area contributed by atoms with Gasteiger partial charge in [-0.25, -0.2) is 0 Å². The highest BCUT2D eigenvalue weighted by atomic mass is 16.5. The highest BCUT2D eigenvalue weighted by Gasteiger charge is 2.65. The van der Waals surface area contributed by atoms with Gasteiger partial charge in [0.2, 0.25) is 0 Å². The number of hydrogen-bond acceptors (Lipinski definition) is 3. The van der Waals surface area contributed by atoms with Crippen molar-refractivity contribution in [1.29, 1.82) is 0 Å². The Hall–Kier alpha value is -1.65. The van der Waals surface area contributed by atoms with Crippen molar-refractivity contribution in [2.75, 3.05) is 20.1 Å². The summed E-state index contributed by atoms with van der Waals surface area (Å²) in [5.74, 6) is 1.01. The molecule has 0 aliphatic carbocycles. The Morgan fingerprint density at radius 3 is 3.04 bits per heavy atom. The van der Waals surface area contributed by atoms with Crippen LogP contribution in [0.15, 0.2) is 30.5 Å². The Balaban J connectivity index is 1.67. The minimum Gasteiger partial charge on any atom is -0.508 e. The number of fused-ring (bicyclic) bond motifs is 3. The fourth-order valence-corrected chi connectivity index (χ4v) is 5.77. The van der Waals surface area contributed by atoms with Crippen LogP contribution in [0.1, 0.15) is 37.9 Å². The van der Waals surface area contributed by atoms with E-state index in [1.54, 1.807) is 6.07 Å². The lowest BCUT2D eigenvalue weighted by atomic mass is 9.65. The van der Waals surface area contributed by atoms with Crippen molar-refractivity contribution in [2.24, 2.45) is 5.92 Å². The van der Waals surface area contributed by atoms with E-state index < -0.39 is 0 Å². The molecule has 5 aliphatic heterocycles. The van der Waals surface area contributed by atoms with Gasteiger partial charge >= 0.3 is 0 Å². The van der Waals surface area contributed by atoms with Crippen LogP contribution in [0, 0.1) is 5.92 Å². The number of hydrogen-bond donors (Lipinski definition) is 1. The molecule has 126 valence electrons. The lowest BCUT2D eigenvalue weighted by molar-refractivity contribution is -0.973. The van der Waals surface area contributed by atoms with Crippen LogP contribution in [-0.4, -0.2) is 46.4 Å². The number of benzene rings is 1. The quantitative estimate of drug-likeness (QED) is 0.861. The summed E-state index contributed by atoms with van der Waals surface area (Å²) in [6.07, 6.45) is 5.63. The molecule has 4 bridgehead atoms. The SMILES string of the molecule is CCC12C[N@+]3(C)CCC1CC3[C@H](c1ccnc3ccc(O)cc13)O2. The Morgan fingerprint density at radius 2 is 2.25 bits per heavy atom. The third-order valence-electron chi connectivity index (χ3n) is 7.06. The molecule has 5 aliphatic rings. The summed E-state index contributed by atoms with van der Waals surface area (Å²) < 4.78 is 7.97. The first kappa shape index (κ1) is 14.7. The summed E-state index contributed by atoms with van der Waals surface area (Å²) in [6, 6.07) is 8.06. The second-order valence-corrected chi connectivity index (χ2v) is 8.21. The summed E-state index contributed by atoms with van der Waals surface area (Å²) in [5, 5.41) is 11.0. The number of pyridine rings is 1. The van der Waals surface area contributed by atoms with Gasteiger partial charge in [-0.05, 0) is 36.2 Å². The van der Waals surface area contributed by atoms with Crippen LogP contribution in [-0.2, 0) is 4.74 Å². The van der Waals surface area contributed by atoms with Gasteiger partial charge in [-0.15, -0.1) is 0 Å². The molecule has 0 amide bonds. The zero-order chi connectivity index (χ0) is 16.5. The number of quaternary nitrogens is 1. The summed E-state index contributed by atoms with van der Waals surface area (Å²) >= 11 is 0. The molecule has 1 N–H and O–H groups in total. The predicted molar refractivity (Wildman–Crippen MR) is 92.7 cm³/mol. The van der Waals surface area contributed by atoms with Crippen molar-refractivity contribution in [1.82, 2.24) is 4.98 Å². The Bertz CT molecular complexity index is 822. The van der Waals surface area contributed by atoms with Crippen LogP contribution >= 0.6 is 0 Å². The van der Waals surface area contributed by atoms with E-state index in [0.29, 0.717) is 17.7 Å². The highest BCUT2D eigenvalue weighted by Crippen LogP contribution is 2.57. The zero-order valence-corrected chi connectivity index (χ0v) is 14.4. The van der Waals surface area contributed by atoms with E-state index in [9.17, 15) is 5.11 Å². The fraction of sp³-hybridized carbons (Fsp3) is 0.550. The molecule has 2 aromatic rings. The van der Waals surface area contributed by atoms with Crippen LogP contribution in [0.25, 0.3) is 10.9 Å². The Morgan fingerprint density at radius 1 is 1.38 bits per heavy atom. The van der Waals surface area contributed by atoms with E-state index in [-0.39, 0.29) is 11.7 Å². The molecule has 0 spiro atoms. The van der Waals surface area contributed by atoms with Gasteiger partial charge in [0.25, 0.3) is 0 Å². The molecule has 1 aromatic carbocycles. The molecule has 5 saturated heterocycles. The maximum absolute atomic E-state index is 9.97. The fourth-order valence-electron chi connectivity index (χ4n) is 5.77. The molecule has 24 heavy (non-hydrogen) atoms. The van der Waals surface area contributed by atoms with Crippen LogP contribution < -0.4 is 0 Å². The molecule has 5 fully saturated rings. The second kappa shape index (κ2) is 4.70. The summed E-state index contributed by atoms with van der Waals surface area (Å²) in [6.45, 7) is 4.71. The molecule has 0 radical (unpaired) electrons. The van der Waals surface area contributed by atoms with Gasteiger partial charge in [0, 0.05) is 30.3 Å². The summed E-state index contributed by atoms with van der Waals surface area (Å²) in [5.41, 5.74) is 2.16. The van der Waals surface area contributed by atoms with E-state index in [1.807, 2.05) is 18.3 Å². The minimum absolute atomic E-state index is 0.0266. The smallest absolute Gasteiger partial charge is 0.136 e. The normalized spacial score (nSPS) is 40.3. The molecule has 5 atom stereocenters. The number of phenolic OH excluding ortho intramolecular Hbond substituents is 1. The molecule has 3 unspecified atom stereocenters. The van der Waals surface area contributed by atoms with Gasteiger partial charge in [0.05, 0.1) is 19.1 Å². The first-order valence-electron chi connectivity index (χ1n) is 9.14. The topological polar surface area (TPSA) is 42.4 Å². The number of likely N-dealkylation sites (N-methyl/N-ethyl adjacent to an activating group) is 1. The third-order valence-corrected chi connectivity index (χ3v) is 7.06. The van der Waals surface area contributed by atoms with Crippen molar-refractivity contribution in [3.8, 4) is 5.75 Å². The van der Waals surface area contributed by atoms with E-state index in [4.69, 9.17) is 4.74 Å². The van der Waals surface area contributed by atoms with Crippen LogP contribution in [0.2, 0.25) is 0 Å². The minimum atomic E-state index is 0.0266. The van der Waals surface area contributed by atoms with E-state index in [1.165, 1.54) is 24.9 Å². The van der Waals surface area contributed by atoms with Gasteiger partial charge in [0.15, 0.2) is 0 Å². The average molecular weight is 325 g/mol. The summed E-state index contributed by atoms with van der Waals surface area (Å²) in [4.78, 5) is 4.47. The van der Waals surface area contributed by atoms with Crippen LogP contribution in [0.5, 0.6) is 5.75 Å². The van der Waals surface area contributed by atoms with Crippen LogP contribution in [0.3, 0.4) is 0 Å². The zero-order valence-electron chi connectivity index (χ0n) is 14.4. The standard InChI is InChI=1S/C20H24N2O2/c1-3-20-12-22(2)9-7-13(20)10-18(22)19(24-20)15-6-8-21-17-5-4-14(23)11-16(15)17/h4-6,8,11,13,18-19H,3,7,9-10,12H2,1-2H3/p+1/t13?,18?,19-,20?,22-/m0/s1. The highest BCUT2D eigenvalue weighted by molar-refractivity contribution is 5.83. The van der Waals surface area contributed by atoms with Crippen molar-refractivity contribution in [3.63, 3.8) is 0 Å². The molecule has 0 saturated carbocycles. The maximum Gasteiger partial charge on any atom is 0.136 e. The van der Waals surface area contributed by atoms with Gasteiger partial charge in [-0.3, -0.25) is 4.98 Å². The van der Waals surface area contributed by atoms with E-state index in [0.717, 1.165) is 28.4 Å². The molecule has 4 nitrogen and oxygen atoms in total. The lowest BCUT2D eigenvalue weighted by Gasteiger charge is -2.66. The molecular formula is C20H25N2O2+. The molecule has 4 heteroatoms. The molecule has 7 rings (SSSR count). The monoisotopic (exact) mass is 325 g/mol. The number of nitrogens with zero attached hydrogens (tertiary/aromatic N) is 2. The van der Waals surface area contributed by atoms with Gasteiger partial charge in [0.1, 0.15) is 30.0 Å². The second-order valence-electron chi connectivity index (χ2n) is 8.21. The number of piperidine rings is 3. The third kappa shape index (κ3) is 1.78. The molecular weight excluding hydrogens is 300 g/mol. The van der Waals surface area contributed by atoms with Gasteiger partial charge < -0.3 is 14.3 Å². The summed E-state index contributed by atoms with van der Waals surface area (Å²) in [7, 11) is 2.42. The average Bonchev–Trinajstić information content (AvgIpc) is 2.60. The van der Waals surface area contributed by atoms with E-state index >= 15 is 0 Å². The first-order chi connectivity index (χ1) is 11.5. The first-order valence-corrected chi connectivity index (χ1v) is 9.14. The number of aromatic hydroxyl groups is 1. The van der Waals surface area contributed by atoms with Crippen molar-refractivity contribution < 1.29 is 14.3 Å². The van der Waals surface area contributed by atoms with Crippen molar-refractivity contribution >= 4 is 10.9 Å². The van der Waals surface area contributed by atoms with Crippen molar-refractivity contribution in [2.45, 2.75) is 43.9 Å². The van der Waals surface area contributed by atoms with Gasteiger partial charge in [-0.1, -0.05) is 6.92 Å². The largest absolute Gasteiger partial charge is 0.508 e. The molecule has 6 heterocycles. The Kier molecular flexibility index (Phi) is 2.88. The number of rotatable bonds is 2. The number of aromatic nitrogens is 1. The van der Waals surface area contributed by atoms with Gasteiger partial charge in [-0.2, -0.15) is 0 Å². The maximum atomic E-state index is 9.97. The van der Waals surface area contributed by atoms with E-state index in [2.05, 4.69) is 25.0 Å². The molecule has 1 aromatic heterocycles.